The van der Waals surface area contributed by atoms with E-state index in [0.717, 1.165) is 34.9 Å². The van der Waals surface area contributed by atoms with Crippen LogP contribution in [-0.2, 0) is 4.79 Å². The number of ketones is 1. The first kappa shape index (κ1) is 10.9. The Balaban J connectivity index is 2.27. The average Bonchev–Trinajstić information content (AvgIpc) is 2.36. The van der Waals surface area contributed by atoms with Crippen molar-refractivity contribution in [2.75, 3.05) is 5.75 Å². The van der Waals surface area contributed by atoms with Crippen LogP contribution in [0.25, 0.3) is 0 Å². The monoisotopic (exact) mass is 245 g/mol. The van der Waals surface area contributed by atoms with Gasteiger partial charge < -0.3 is 0 Å². The van der Waals surface area contributed by atoms with Gasteiger partial charge in [0.25, 0.3) is 0 Å². The lowest BCUT2D eigenvalue weighted by Crippen LogP contribution is -2.30. The molecule has 0 radical (unpaired) electrons. The van der Waals surface area contributed by atoms with E-state index >= 15 is 0 Å². The summed E-state index contributed by atoms with van der Waals surface area (Å²) in [7, 11) is -0.0368. The minimum Gasteiger partial charge on any atom is -0.294 e. The Morgan fingerprint density at radius 3 is 2.94 bits per heavy atom. The molecule has 1 heterocycles. The zero-order valence-electron chi connectivity index (χ0n) is 9.90. The maximum Gasteiger partial charge on any atom is 0.170 e. The highest BCUT2D eigenvalue weighted by atomic mass is 32.2. The van der Waals surface area contributed by atoms with Crippen LogP contribution in [0.1, 0.15) is 26.2 Å². The third kappa shape index (κ3) is 1.69. The van der Waals surface area contributed by atoms with E-state index in [9.17, 15) is 4.79 Å². The molecule has 1 unspecified atom stereocenters. The smallest absolute Gasteiger partial charge is 0.170 e. The summed E-state index contributed by atoms with van der Waals surface area (Å²) in [5.74, 6) is 1.34. The number of carbonyl (C=O) groups is 1. The zero-order valence-corrected chi connectivity index (χ0v) is 10.7. The Hall–Kier alpha value is -1.22. The molecule has 0 spiro atoms. The molecule has 3 rings (SSSR count). The minimum absolute atomic E-state index is 0.0368. The van der Waals surface area contributed by atoms with Gasteiger partial charge in [-0.3, -0.25) is 9.79 Å². The van der Waals surface area contributed by atoms with Gasteiger partial charge in [0.05, 0.1) is 16.3 Å². The number of hydrogen-bond acceptors (Lipinski definition) is 2. The van der Waals surface area contributed by atoms with E-state index in [1.54, 1.807) is 0 Å². The van der Waals surface area contributed by atoms with Crippen molar-refractivity contribution in [2.24, 2.45) is 4.99 Å². The number of hydrogen-bond donors (Lipinski definition) is 0. The van der Waals surface area contributed by atoms with E-state index in [1.807, 2.05) is 12.1 Å². The predicted molar refractivity (Wildman–Crippen MR) is 73.8 cm³/mol. The summed E-state index contributed by atoms with van der Waals surface area (Å²) in [6, 6.07) is 8.25. The van der Waals surface area contributed by atoms with Gasteiger partial charge in [-0.05, 0) is 30.7 Å². The number of para-hydroxylation sites is 1. The maximum atomic E-state index is 12.1. The maximum absolute atomic E-state index is 12.1. The van der Waals surface area contributed by atoms with Crippen LogP contribution in [0.15, 0.2) is 34.2 Å². The SMILES string of the molecule is CCS1=C2C(=O)CCCC2=Nc2ccccc21. The van der Waals surface area contributed by atoms with Crippen molar-refractivity contribution in [1.82, 2.24) is 0 Å². The van der Waals surface area contributed by atoms with Gasteiger partial charge in [-0.1, -0.05) is 19.1 Å². The fraction of sp³-hybridized carbons (Fsp3) is 0.357. The Kier molecular flexibility index (Phi) is 2.71. The first-order valence-electron chi connectivity index (χ1n) is 6.09. The predicted octanol–water partition coefficient (Wildman–Crippen LogP) is 3.35. The number of Topliss-reactive ketones (excluding diaryl/α,β-unsaturated/α-hetero) is 1. The first-order valence-corrected chi connectivity index (χ1v) is 7.48. The van der Waals surface area contributed by atoms with Crippen LogP contribution in [0, 0.1) is 0 Å². The summed E-state index contributed by atoms with van der Waals surface area (Å²) >= 11 is 0. The molecule has 1 aliphatic carbocycles. The second-order valence-electron chi connectivity index (χ2n) is 4.31. The highest BCUT2D eigenvalue weighted by Crippen LogP contribution is 2.41. The van der Waals surface area contributed by atoms with Crippen LogP contribution in [0.3, 0.4) is 0 Å². The van der Waals surface area contributed by atoms with Crippen molar-refractivity contribution in [3.05, 3.63) is 24.3 Å². The Morgan fingerprint density at radius 1 is 1.29 bits per heavy atom. The van der Waals surface area contributed by atoms with Gasteiger partial charge in [0.15, 0.2) is 5.78 Å². The Morgan fingerprint density at radius 2 is 2.12 bits per heavy atom. The summed E-state index contributed by atoms with van der Waals surface area (Å²) in [6.45, 7) is 2.16. The van der Waals surface area contributed by atoms with Crippen molar-refractivity contribution < 1.29 is 4.79 Å². The standard InChI is InChI=1S/C14H15NOS/c1-2-17-13-9-4-3-6-10(13)15-11-7-5-8-12(16)14(11)17/h3-4,6,9H,2,5,7-8H2,1H3. The van der Waals surface area contributed by atoms with Gasteiger partial charge in [-0.2, -0.15) is 0 Å². The molecule has 0 amide bonds. The summed E-state index contributed by atoms with van der Waals surface area (Å²) < 4.78 is 0. The van der Waals surface area contributed by atoms with Crippen LogP contribution in [0.4, 0.5) is 5.69 Å². The van der Waals surface area contributed by atoms with Crippen LogP contribution in [0.5, 0.6) is 0 Å². The highest BCUT2D eigenvalue weighted by Gasteiger charge is 2.28. The molecule has 1 aromatic carbocycles. The summed E-state index contributed by atoms with van der Waals surface area (Å²) in [5, 5.41) is 0. The van der Waals surface area contributed by atoms with Crippen LogP contribution in [-0.4, -0.2) is 22.1 Å². The summed E-state index contributed by atoms with van der Waals surface area (Å²) in [4.78, 5) is 19.1. The number of nitrogens with zero attached hydrogens (tertiary/aromatic N) is 1. The van der Waals surface area contributed by atoms with E-state index < -0.39 is 0 Å². The lowest BCUT2D eigenvalue weighted by molar-refractivity contribution is -0.112. The molecule has 2 nitrogen and oxygen atoms in total. The number of rotatable bonds is 1. The molecule has 0 aromatic heterocycles. The second-order valence-corrected chi connectivity index (χ2v) is 6.52. The molecule has 1 atom stereocenters. The molecule has 1 aliphatic heterocycles. The fourth-order valence-corrected chi connectivity index (χ4v) is 4.74. The van der Waals surface area contributed by atoms with Crippen molar-refractivity contribution in [2.45, 2.75) is 31.1 Å². The zero-order chi connectivity index (χ0) is 11.8. The van der Waals surface area contributed by atoms with E-state index in [4.69, 9.17) is 0 Å². The molecule has 0 bridgehead atoms. The molecular formula is C14H15NOS. The number of aliphatic imine (C=N–C) groups is 1. The van der Waals surface area contributed by atoms with E-state index in [1.165, 1.54) is 4.90 Å². The van der Waals surface area contributed by atoms with E-state index in [0.29, 0.717) is 12.2 Å². The molecule has 17 heavy (non-hydrogen) atoms. The summed E-state index contributed by atoms with van der Waals surface area (Å²) in [5.41, 5.74) is 2.14. The molecular weight excluding hydrogens is 230 g/mol. The second kappa shape index (κ2) is 4.22. The van der Waals surface area contributed by atoms with Gasteiger partial charge >= 0.3 is 0 Å². The lowest BCUT2D eigenvalue weighted by Gasteiger charge is -2.25. The molecule has 0 N–H and O–H groups in total. The van der Waals surface area contributed by atoms with E-state index in [2.05, 4.69) is 24.0 Å². The molecule has 1 aromatic rings. The quantitative estimate of drug-likeness (QED) is 0.698. The molecule has 0 saturated heterocycles. The van der Waals surface area contributed by atoms with E-state index in [-0.39, 0.29) is 10.5 Å². The highest BCUT2D eigenvalue weighted by molar-refractivity contribution is 8.18. The number of fused-ring (bicyclic) bond motifs is 2. The molecule has 88 valence electrons. The van der Waals surface area contributed by atoms with Crippen molar-refractivity contribution >= 4 is 32.5 Å². The van der Waals surface area contributed by atoms with Gasteiger partial charge in [-0.15, -0.1) is 10.5 Å². The van der Waals surface area contributed by atoms with Crippen molar-refractivity contribution in [3.8, 4) is 0 Å². The topological polar surface area (TPSA) is 29.4 Å². The normalized spacial score (nSPS) is 22.9. The van der Waals surface area contributed by atoms with Crippen molar-refractivity contribution in [3.63, 3.8) is 0 Å². The number of carbonyl (C=O) groups excluding carboxylic acids is 1. The lowest BCUT2D eigenvalue weighted by atomic mass is 9.97. The molecule has 1 fully saturated rings. The van der Waals surface area contributed by atoms with Crippen LogP contribution < -0.4 is 0 Å². The third-order valence-electron chi connectivity index (χ3n) is 3.25. The average molecular weight is 245 g/mol. The minimum atomic E-state index is -0.0368. The van der Waals surface area contributed by atoms with Gasteiger partial charge in [-0.25, -0.2) is 0 Å². The van der Waals surface area contributed by atoms with Gasteiger partial charge in [0.2, 0.25) is 0 Å². The van der Waals surface area contributed by atoms with Crippen molar-refractivity contribution in [1.29, 1.82) is 0 Å². The Labute approximate surface area is 104 Å². The largest absolute Gasteiger partial charge is 0.294 e. The number of benzene rings is 1. The van der Waals surface area contributed by atoms with Gasteiger partial charge in [0, 0.05) is 11.3 Å². The molecule has 1 saturated carbocycles. The fourth-order valence-electron chi connectivity index (χ4n) is 2.50. The Bertz CT molecular complexity index is 557. The van der Waals surface area contributed by atoms with Crippen LogP contribution >= 0.6 is 10.5 Å². The third-order valence-corrected chi connectivity index (χ3v) is 5.66. The first-order chi connectivity index (χ1) is 8.31. The van der Waals surface area contributed by atoms with Gasteiger partial charge in [0.1, 0.15) is 0 Å². The summed E-state index contributed by atoms with van der Waals surface area (Å²) in [6.07, 6.45) is 2.64. The molecule has 2 aliphatic rings. The van der Waals surface area contributed by atoms with Crippen LogP contribution in [0.2, 0.25) is 0 Å². The molecule has 3 heteroatoms.